The second kappa shape index (κ2) is 11.3. The van der Waals surface area contributed by atoms with E-state index in [2.05, 4.69) is 43.7 Å². The summed E-state index contributed by atoms with van der Waals surface area (Å²) in [5.41, 5.74) is 0.412. The van der Waals surface area contributed by atoms with Crippen molar-refractivity contribution in [1.82, 2.24) is 10.0 Å². The molecule has 12 heteroatoms. The van der Waals surface area contributed by atoms with Gasteiger partial charge in [0.05, 0.1) is 23.3 Å². The maximum absolute atomic E-state index is 13.0. The van der Waals surface area contributed by atoms with Gasteiger partial charge in [0.15, 0.2) is 0 Å². The molecule has 2 atom stereocenters. The molecule has 0 saturated heterocycles. The molecule has 2 N–H and O–H groups in total. The minimum Gasteiger partial charge on any atom is -0.493 e. The number of hydrogen-bond acceptors (Lipinski definition) is 7. The molecule has 39 heavy (non-hydrogen) atoms. The predicted molar refractivity (Wildman–Crippen MR) is 140 cm³/mol. The minimum atomic E-state index is -4.63. The highest BCUT2D eigenvalue weighted by atomic mass is 32.2. The Hall–Kier alpha value is -2.83. The molecule has 2 aromatic rings. The number of hydrogen-bond donors (Lipinski definition) is 2. The van der Waals surface area contributed by atoms with Gasteiger partial charge in [0, 0.05) is 30.6 Å². The Morgan fingerprint density at radius 2 is 1.90 bits per heavy atom. The molecule has 2 heterocycles. The molecule has 1 saturated carbocycles. The summed E-state index contributed by atoms with van der Waals surface area (Å²) in [6.07, 6.45) is 3.61. The van der Waals surface area contributed by atoms with Gasteiger partial charge < -0.3 is 10.1 Å². The van der Waals surface area contributed by atoms with E-state index in [1.165, 1.54) is 25.7 Å². The van der Waals surface area contributed by atoms with Gasteiger partial charge in [-0.15, -0.1) is 5.10 Å². The Bertz CT molecular complexity index is 1330. The van der Waals surface area contributed by atoms with Crippen LogP contribution in [-0.4, -0.2) is 39.4 Å². The van der Waals surface area contributed by atoms with Crippen molar-refractivity contribution in [3.05, 3.63) is 59.2 Å². The number of fused-ring (bicyclic) bond motifs is 1. The van der Waals surface area contributed by atoms with Crippen LogP contribution in [-0.2, 0) is 22.7 Å². The third kappa shape index (κ3) is 6.33. The smallest absolute Gasteiger partial charge is 0.416 e. The number of benzene rings is 2. The normalized spacial score (nSPS) is 23.2. The Morgan fingerprint density at radius 1 is 1.08 bits per heavy atom. The van der Waals surface area contributed by atoms with Crippen LogP contribution < -0.4 is 14.8 Å². The quantitative estimate of drug-likeness (QED) is 0.370. The summed E-state index contributed by atoms with van der Waals surface area (Å²) in [7, 11) is -4.11. The van der Waals surface area contributed by atoms with Crippen LogP contribution in [0.15, 0.2) is 62.8 Å². The maximum Gasteiger partial charge on any atom is 0.416 e. The van der Waals surface area contributed by atoms with Crippen molar-refractivity contribution in [2.75, 3.05) is 13.2 Å². The number of nitrogens with zero attached hydrogens (tertiary/aromatic N) is 3. The van der Waals surface area contributed by atoms with E-state index in [4.69, 9.17) is 4.74 Å². The summed E-state index contributed by atoms with van der Waals surface area (Å²) in [4.78, 5) is -0.425. The third-order valence-corrected chi connectivity index (χ3v) is 9.21. The van der Waals surface area contributed by atoms with Crippen molar-refractivity contribution in [1.29, 1.82) is 0 Å². The number of halogens is 3. The lowest BCUT2D eigenvalue weighted by Crippen LogP contribution is -2.38. The van der Waals surface area contributed by atoms with Crippen LogP contribution >= 0.6 is 0 Å². The molecular formula is C27H32F3N5O3S. The zero-order chi connectivity index (χ0) is 27.5. The predicted octanol–water partition coefficient (Wildman–Crippen LogP) is 5.55. The van der Waals surface area contributed by atoms with E-state index in [9.17, 15) is 21.6 Å². The van der Waals surface area contributed by atoms with E-state index in [-0.39, 0.29) is 12.5 Å². The van der Waals surface area contributed by atoms with Crippen LogP contribution in [0.5, 0.6) is 5.75 Å². The first kappa shape index (κ1) is 27.7. The van der Waals surface area contributed by atoms with Crippen LogP contribution in [0, 0.1) is 0 Å². The van der Waals surface area contributed by atoms with Crippen molar-refractivity contribution >= 4 is 16.2 Å². The lowest BCUT2D eigenvalue weighted by Gasteiger charge is -2.36. The fourth-order valence-corrected chi connectivity index (χ4v) is 6.78. The number of nitrogens with one attached hydrogen (secondary N) is 2. The molecule has 0 radical (unpaired) electrons. The first-order valence-corrected chi connectivity index (χ1v) is 14.8. The van der Waals surface area contributed by atoms with Gasteiger partial charge in [-0.2, -0.15) is 18.3 Å². The molecular weight excluding hydrogens is 531 g/mol. The molecule has 3 aliphatic rings. The van der Waals surface area contributed by atoms with Crippen LogP contribution in [0.3, 0.4) is 0 Å². The Labute approximate surface area is 226 Å². The van der Waals surface area contributed by atoms with Crippen molar-refractivity contribution in [2.24, 2.45) is 15.4 Å². The summed E-state index contributed by atoms with van der Waals surface area (Å²) in [5, 5.41) is 16.0. The van der Waals surface area contributed by atoms with E-state index in [1.807, 2.05) is 0 Å². The minimum absolute atomic E-state index is 0.0333. The highest BCUT2D eigenvalue weighted by Crippen LogP contribution is 2.45. The molecule has 0 amide bonds. The first-order chi connectivity index (χ1) is 18.7. The molecule has 8 nitrogen and oxygen atoms in total. The molecule has 0 spiro atoms. The SMILES string of the molecule is O=S(=O)(NCCCC1(C2CCOc3cc(CNC4CCCC4)ccc32)C=NN=N1)c1cccc(C(F)(F)F)c1. The highest BCUT2D eigenvalue weighted by molar-refractivity contribution is 7.89. The largest absolute Gasteiger partial charge is 0.493 e. The number of ether oxygens (including phenoxy) is 1. The lowest BCUT2D eigenvalue weighted by atomic mass is 9.74. The van der Waals surface area contributed by atoms with Gasteiger partial charge >= 0.3 is 6.18 Å². The molecule has 210 valence electrons. The topological polar surface area (TPSA) is 105 Å². The lowest BCUT2D eigenvalue weighted by molar-refractivity contribution is -0.137. The average Bonchev–Trinajstić information content (AvgIpc) is 3.62. The summed E-state index contributed by atoms with van der Waals surface area (Å²) in [6.45, 7) is 1.33. The Kier molecular flexibility index (Phi) is 8.06. The standard InChI is InChI=1S/C27H32F3N5O3S/c28-27(29,30)20-5-3-8-22(16-20)39(36,37)33-13-4-12-26(18-32-35-34-26)24-11-14-38-25-15-19(9-10-23(24)25)17-31-21-6-1-2-7-21/h3,5,8-10,15-16,18,21,24,31,33H,1-2,4,6-7,11-14,17H2. The van der Waals surface area contributed by atoms with Crippen molar-refractivity contribution < 1.29 is 26.3 Å². The van der Waals surface area contributed by atoms with E-state index < -0.39 is 32.2 Å². The molecule has 0 aromatic heterocycles. The van der Waals surface area contributed by atoms with Crippen molar-refractivity contribution in [3.63, 3.8) is 0 Å². The van der Waals surface area contributed by atoms with Gasteiger partial charge in [-0.25, -0.2) is 13.1 Å². The van der Waals surface area contributed by atoms with Crippen LogP contribution in [0.25, 0.3) is 0 Å². The Morgan fingerprint density at radius 3 is 2.64 bits per heavy atom. The Balaban J connectivity index is 1.23. The summed E-state index contributed by atoms with van der Waals surface area (Å²) >= 11 is 0. The van der Waals surface area contributed by atoms with Gasteiger partial charge in [0.1, 0.15) is 11.3 Å². The van der Waals surface area contributed by atoms with E-state index in [0.717, 1.165) is 41.6 Å². The molecule has 1 aliphatic carbocycles. The zero-order valence-corrected chi connectivity index (χ0v) is 22.3. The fraction of sp³-hybridized carbons (Fsp3) is 0.519. The maximum atomic E-state index is 13.0. The zero-order valence-electron chi connectivity index (χ0n) is 21.5. The van der Waals surface area contributed by atoms with E-state index in [1.54, 1.807) is 6.21 Å². The van der Waals surface area contributed by atoms with E-state index in [0.29, 0.717) is 38.0 Å². The number of rotatable bonds is 10. The van der Waals surface area contributed by atoms with Gasteiger partial charge in [0.25, 0.3) is 0 Å². The van der Waals surface area contributed by atoms with Gasteiger partial charge in [-0.1, -0.05) is 31.0 Å². The molecule has 5 rings (SSSR count). The summed E-state index contributed by atoms with van der Waals surface area (Å²) < 4.78 is 72.8. The molecule has 0 bridgehead atoms. The van der Waals surface area contributed by atoms with E-state index >= 15 is 0 Å². The second-order valence-electron chi connectivity index (χ2n) is 10.4. The van der Waals surface area contributed by atoms with Crippen LogP contribution in [0.2, 0.25) is 0 Å². The molecule has 2 aliphatic heterocycles. The van der Waals surface area contributed by atoms with Gasteiger partial charge in [0.2, 0.25) is 10.0 Å². The fourth-order valence-electron chi connectivity index (χ4n) is 5.67. The second-order valence-corrected chi connectivity index (χ2v) is 12.1. The van der Waals surface area contributed by atoms with Crippen LogP contribution in [0.1, 0.15) is 67.6 Å². The monoisotopic (exact) mass is 563 g/mol. The van der Waals surface area contributed by atoms with Crippen LogP contribution in [0.4, 0.5) is 13.2 Å². The molecule has 2 unspecified atom stereocenters. The van der Waals surface area contributed by atoms with Gasteiger partial charge in [-0.05, 0) is 67.2 Å². The molecule has 1 fully saturated rings. The third-order valence-electron chi connectivity index (χ3n) is 7.75. The van der Waals surface area contributed by atoms with Crippen molar-refractivity contribution in [3.8, 4) is 5.75 Å². The summed E-state index contributed by atoms with van der Waals surface area (Å²) in [5.74, 6) is 0.769. The van der Waals surface area contributed by atoms with Crippen molar-refractivity contribution in [2.45, 2.75) is 80.1 Å². The highest BCUT2D eigenvalue weighted by Gasteiger charge is 2.43. The average molecular weight is 564 g/mol. The number of sulfonamides is 1. The van der Waals surface area contributed by atoms with Gasteiger partial charge in [-0.3, -0.25) is 0 Å². The summed E-state index contributed by atoms with van der Waals surface area (Å²) in [6, 6.07) is 10.5. The molecule has 2 aromatic carbocycles. The first-order valence-electron chi connectivity index (χ1n) is 13.3. The number of alkyl halides is 3.